The summed E-state index contributed by atoms with van der Waals surface area (Å²) in [7, 11) is 0. The van der Waals surface area contributed by atoms with Crippen LogP contribution in [0.4, 0.5) is 13.6 Å². The summed E-state index contributed by atoms with van der Waals surface area (Å²) in [5.41, 5.74) is 0.598. The van der Waals surface area contributed by atoms with Crippen molar-refractivity contribution in [1.29, 1.82) is 0 Å². The second-order valence-electron chi connectivity index (χ2n) is 11.8. The summed E-state index contributed by atoms with van der Waals surface area (Å²) in [5, 5.41) is 2.22. The highest BCUT2D eigenvalue weighted by molar-refractivity contribution is 6.18. The number of hydrogen-bond donors (Lipinski definition) is 1. The Hall–Kier alpha value is -4.94. The molecule has 1 N–H and O–H groups in total. The van der Waals surface area contributed by atoms with Gasteiger partial charge < -0.3 is 43.4 Å². The van der Waals surface area contributed by atoms with Gasteiger partial charge in [-0.1, -0.05) is 24.3 Å². The van der Waals surface area contributed by atoms with Crippen molar-refractivity contribution in [3.05, 3.63) is 108 Å². The standard InChI is InChI=1S/C22H23ClFNO5.C19H20FNO3/c23-8-10-27-22(26)25-9-7-19(15-1-3-17(24)4-2-15)16(12-25)13-28-18-5-6-20-21(11-18)30-14-29-20;20-15-3-1-13(2-4-15)17-7-8-21-10-14(17)11-22-16-5-6-18-19(9-16)24-12-23-18/h1-6,11,16,19H,7-10,12-14H2;1-6,9,14,17,21H,7-8,10-12H2/t16-,19-;14-,17-/m00/s1/i9D2,12D2,13D2,14D2;8D2,10D2,11D2,12D2. The zero-order chi connectivity index (χ0) is 51.6. The largest absolute Gasteiger partial charge is 0.493 e. The third-order valence-electron chi connectivity index (χ3n) is 8.31. The van der Waals surface area contributed by atoms with Crippen LogP contribution in [0.5, 0.6) is 34.5 Å². The van der Waals surface area contributed by atoms with Crippen molar-refractivity contribution >= 4 is 17.7 Å². The molecule has 0 spiro atoms. The van der Waals surface area contributed by atoms with Crippen molar-refractivity contribution < 1.29 is 68.7 Å². The lowest BCUT2D eigenvalue weighted by Gasteiger charge is -2.38. The molecule has 54 heavy (non-hydrogen) atoms. The smallest absolute Gasteiger partial charge is 0.409 e. The van der Waals surface area contributed by atoms with E-state index in [4.69, 9.17) is 66.7 Å². The summed E-state index contributed by atoms with van der Waals surface area (Å²) in [6, 6.07) is 17.4. The Morgan fingerprint density at radius 2 is 1.31 bits per heavy atom. The Morgan fingerprint density at radius 3 is 1.89 bits per heavy atom. The molecule has 2 saturated heterocycles. The lowest BCUT2D eigenvalue weighted by atomic mass is 9.81. The Labute approximate surface area is 340 Å². The molecular formula is C41H43ClF2N2O8. The van der Waals surface area contributed by atoms with E-state index >= 15 is 0 Å². The Balaban J connectivity index is 0.000000209. The van der Waals surface area contributed by atoms with Crippen LogP contribution in [0, 0.1) is 23.5 Å². The molecule has 4 atom stereocenters. The molecule has 4 heterocycles. The molecule has 0 aromatic heterocycles. The van der Waals surface area contributed by atoms with Gasteiger partial charge in [0.2, 0.25) is 13.5 Å². The van der Waals surface area contributed by atoms with Gasteiger partial charge in [0.25, 0.3) is 0 Å². The predicted octanol–water partition coefficient (Wildman–Crippen LogP) is 7.74. The minimum atomic E-state index is -3.03. The van der Waals surface area contributed by atoms with E-state index < -0.39 is 100 Å². The van der Waals surface area contributed by atoms with Gasteiger partial charge in [0.15, 0.2) is 23.0 Å². The molecule has 286 valence electrons. The monoisotopic (exact) mass is 780 g/mol. The number of hydrogen-bond acceptors (Lipinski definition) is 9. The highest BCUT2D eigenvalue weighted by Gasteiger charge is 2.34. The lowest BCUT2D eigenvalue weighted by molar-refractivity contribution is 0.0717. The first-order chi connectivity index (χ1) is 32.2. The first-order valence-electron chi connectivity index (χ1n) is 24.5. The number of likely N-dealkylation sites (tertiary alicyclic amines) is 1. The Kier molecular flexibility index (Phi) is 7.45. The van der Waals surface area contributed by atoms with Crippen molar-refractivity contribution in [1.82, 2.24) is 10.2 Å². The van der Waals surface area contributed by atoms with Gasteiger partial charge in [0, 0.05) is 54.4 Å². The first-order valence-corrected chi connectivity index (χ1v) is 17.0. The molecule has 1 amide bonds. The summed E-state index contributed by atoms with van der Waals surface area (Å²) in [4.78, 5) is 13.0. The van der Waals surface area contributed by atoms with Crippen LogP contribution < -0.4 is 33.7 Å². The van der Waals surface area contributed by atoms with Crippen molar-refractivity contribution in [2.75, 3.05) is 65.1 Å². The highest BCUT2D eigenvalue weighted by Crippen LogP contribution is 2.38. The number of carbonyl (C=O) groups is 1. The van der Waals surface area contributed by atoms with Gasteiger partial charge in [0.1, 0.15) is 35.2 Å². The predicted molar refractivity (Wildman–Crippen MR) is 197 cm³/mol. The van der Waals surface area contributed by atoms with E-state index in [1.807, 2.05) is 0 Å². The number of fused-ring (bicyclic) bond motifs is 2. The van der Waals surface area contributed by atoms with Gasteiger partial charge in [-0.15, -0.1) is 11.6 Å². The maximum absolute atomic E-state index is 13.7. The van der Waals surface area contributed by atoms with E-state index in [0.29, 0.717) is 5.56 Å². The number of nitrogens with zero attached hydrogens (tertiary/aromatic N) is 1. The van der Waals surface area contributed by atoms with Gasteiger partial charge in [-0.3, -0.25) is 0 Å². The van der Waals surface area contributed by atoms with Crippen molar-refractivity contribution in [3.63, 3.8) is 0 Å². The summed E-state index contributed by atoms with van der Waals surface area (Å²) in [6.07, 6.45) is -2.21. The van der Waals surface area contributed by atoms with Gasteiger partial charge >= 0.3 is 6.09 Å². The van der Waals surface area contributed by atoms with Crippen LogP contribution in [0.15, 0.2) is 84.9 Å². The van der Waals surface area contributed by atoms with Crippen LogP contribution >= 0.6 is 11.6 Å². The normalized spacial score (nSPS) is 31.6. The third-order valence-corrected chi connectivity index (χ3v) is 8.46. The number of rotatable bonds is 10. The summed E-state index contributed by atoms with van der Waals surface area (Å²) in [6.45, 7) is -21.0. The average Bonchev–Trinajstić information content (AvgIpc) is 3.69. The SMILES string of the molecule is [2H]C1([2H])C[C@@H](c2ccc(F)cc2)[C@H](C([2H])([2H])Oc2ccc3c(c2)OC([2H])([2H])O3)C([2H])([2H])N1.[2H]C1([2H])Oc2ccc(OC([2H])([2H])[C@H]3[C@H](c4ccc(F)cc4)CC([2H])([2H])N(C(=O)OCCCl)C3([2H])[2H])cc2O1. The summed E-state index contributed by atoms with van der Waals surface area (Å²) < 4.78 is 195. The number of carbonyl (C=O) groups excluding carboxylic acids is 1. The summed E-state index contributed by atoms with van der Waals surface area (Å²) in [5.74, 6) is -7.00. The minimum absolute atomic E-state index is 0.000465. The van der Waals surface area contributed by atoms with Crippen molar-refractivity contribution in [2.45, 2.75) is 24.7 Å². The van der Waals surface area contributed by atoms with E-state index in [-0.39, 0.29) is 63.9 Å². The molecule has 0 aliphatic carbocycles. The maximum atomic E-state index is 13.7. The third kappa shape index (κ3) is 9.40. The van der Waals surface area contributed by atoms with Crippen LogP contribution in [0.3, 0.4) is 0 Å². The second-order valence-corrected chi connectivity index (χ2v) is 12.2. The molecule has 4 aliphatic rings. The van der Waals surface area contributed by atoms with Gasteiger partial charge in [-0.2, -0.15) is 0 Å². The fourth-order valence-electron chi connectivity index (χ4n) is 5.57. The second kappa shape index (κ2) is 17.9. The molecule has 0 bridgehead atoms. The molecule has 4 aromatic carbocycles. The van der Waals surface area contributed by atoms with E-state index in [0.717, 1.165) is 30.3 Å². The van der Waals surface area contributed by atoms with Gasteiger partial charge in [-0.25, -0.2) is 13.6 Å². The molecule has 8 rings (SSSR count). The van der Waals surface area contributed by atoms with Crippen LogP contribution in [-0.2, 0) is 4.74 Å². The van der Waals surface area contributed by atoms with Crippen molar-refractivity contribution in [3.8, 4) is 34.5 Å². The highest BCUT2D eigenvalue weighted by atomic mass is 35.5. The number of alkyl halides is 1. The van der Waals surface area contributed by atoms with Crippen LogP contribution in [0.2, 0.25) is 0 Å². The number of amides is 1. The molecule has 10 nitrogen and oxygen atoms in total. The van der Waals surface area contributed by atoms with Gasteiger partial charge in [-0.05, 0) is 90.8 Å². The van der Waals surface area contributed by atoms with Crippen LogP contribution in [0.1, 0.15) is 57.7 Å². The molecular weight excluding hydrogens is 722 g/mol. The number of ether oxygens (including phenoxy) is 7. The number of piperidine rings is 2. The van der Waals surface area contributed by atoms with E-state index in [1.54, 1.807) is 0 Å². The molecule has 4 aromatic rings. The minimum Gasteiger partial charge on any atom is -0.493 e. The molecule has 4 aliphatic heterocycles. The molecule has 0 radical (unpaired) electrons. The van der Waals surface area contributed by atoms with Crippen LogP contribution in [0.25, 0.3) is 0 Å². The molecule has 0 saturated carbocycles. The van der Waals surface area contributed by atoms with Gasteiger partial charge in [0.05, 0.1) is 24.5 Å². The topological polar surface area (TPSA) is 97.0 Å². The molecule has 2 fully saturated rings. The summed E-state index contributed by atoms with van der Waals surface area (Å²) >= 11 is 5.56. The van der Waals surface area contributed by atoms with E-state index in [2.05, 4.69) is 5.32 Å². The number of benzene rings is 4. The first kappa shape index (κ1) is 22.4. The number of halogens is 3. The Bertz CT molecular complexity index is 2570. The van der Waals surface area contributed by atoms with Crippen molar-refractivity contribution in [2.24, 2.45) is 11.8 Å². The fraction of sp³-hybridized carbons (Fsp3) is 0.390. The zero-order valence-corrected chi connectivity index (χ0v) is 28.8. The Morgan fingerprint density at radius 1 is 0.778 bits per heavy atom. The lowest BCUT2D eigenvalue weighted by Crippen LogP contribution is -2.45. The van der Waals surface area contributed by atoms with Crippen LogP contribution in [-0.4, -0.2) is 76.1 Å². The fourth-order valence-corrected chi connectivity index (χ4v) is 5.65. The number of nitrogens with one attached hydrogen (secondary N) is 1. The quantitative estimate of drug-likeness (QED) is 0.162. The van der Waals surface area contributed by atoms with E-state index in [9.17, 15) is 13.6 Å². The average molecular weight is 781 g/mol. The van der Waals surface area contributed by atoms with E-state index in [1.165, 1.54) is 54.6 Å². The molecule has 13 heteroatoms. The maximum Gasteiger partial charge on any atom is 0.409 e. The molecule has 0 unspecified atom stereocenters. The zero-order valence-electron chi connectivity index (χ0n) is 44.1.